The molecule has 1 aliphatic heterocycles. The average Bonchev–Trinajstić information content (AvgIpc) is 3.17. The van der Waals surface area contributed by atoms with E-state index in [1.54, 1.807) is 3.51 Å². The summed E-state index contributed by atoms with van der Waals surface area (Å²) in [4.78, 5) is 2.29. The Labute approximate surface area is 134 Å². The summed E-state index contributed by atoms with van der Waals surface area (Å²) in [5.74, 6) is 0. The molecule has 1 unspecified atom stereocenters. The SMILES string of the molecule is CCNCCCNCCC1=IC1NCCN(C)CCN. The fraction of sp³-hybridized carbons (Fsp3) is 0.929. The molecule has 0 saturated heterocycles. The maximum Gasteiger partial charge on any atom is 0.0815 e. The number of likely N-dealkylation sites (N-methyl/N-ethyl adjacent to an activating group) is 1. The third kappa shape index (κ3) is 9.36. The standard InChI is InChI=1S/C14H32IN5/c1-3-17-7-4-8-18-9-5-13-14(15-13)19-10-12-20(2)11-6-16/h14,17-19H,3-12,16H2,1-2H3. The normalized spacial score (nSPS) is 18.0. The number of nitrogens with one attached hydrogen (secondary N) is 3. The molecule has 0 aromatic rings. The van der Waals surface area contributed by atoms with Crippen molar-refractivity contribution in [1.82, 2.24) is 20.9 Å². The van der Waals surface area contributed by atoms with E-state index in [-0.39, 0.29) is 0 Å². The van der Waals surface area contributed by atoms with Gasteiger partial charge in [-0.2, -0.15) is 0 Å². The molecule has 0 amide bonds. The Hall–Kier alpha value is 0.400. The maximum atomic E-state index is 5.53. The maximum absolute atomic E-state index is 5.53. The molecular weight excluding hydrogens is 365 g/mol. The molecule has 1 heterocycles. The molecule has 120 valence electrons. The molecule has 0 radical (unpaired) electrons. The van der Waals surface area contributed by atoms with Crippen LogP contribution in [-0.2, 0) is 0 Å². The molecule has 0 aliphatic carbocycles. The summed E-state index contributed by atoms with van der Waals surface area (Å²) in [7, 11) is 2.14. The number of alkyl halides is 1. The van der Waals surface area contributed by atoms with Gasteiger partial charge in [-0.1, -0.05) is 27.7 Å². The Morgan fingerprint density at radius 1 is 1.15 bits per heavy atom. The van der Waals surface area contributed by atoms with Gasteiger partial charge in [0, 0.05) is 26.2 Å². The molecule has 5 nitrogen and oxygen atoms in total. The molecule has 1 atom stereocenters. The van der Waals surface area contributed by atoms with Crippen LogP contribution in [0, 0.1) is 0 Å². The molecule has 0 aromatic carbocycles. The van der Waals surface area contributed by atoms with E-state index in [0.29, 0.717) is 20.7 Å². The van der Waals surface area contributed by atoms with Gasteiger partial charge in [0.15, 0.2) is 0 Å². The lowest BCUT2D eigenvalue weighted by Crippen LogP contribution is -2.34. The second kappa shape index (κ2) is 12.0. The lowest BCUT2D eigenvalue weighted by Gasteiger charge is -2.15. The number of hydrogen-bond acceptors (Lipinski definition) is 5. The summed E-state index contributed by atoms with van der Waals surface area (Å²) in [5, 5.41) is 10.5. The Bertz CT molecular complexity index is 272. The largest absolute Gasteiger partial charge is 0.329 e. The molecule has 0 saturated carbocycles. The van der Waals surface area contributed by atoms with Crippen LogP contribution in [0.25, 0.3) is 0 Å². The van der Waals surface area contributed by atoms with E-state index in [0.717, 1.165) is 56.4 Å². The molecule has 6 heteroatoms. The quantitative estimate of drug-likeness (QED) is 0.143. The lowest BCUT2D eigenvalue weighted by molar-refractivity contribution is 0.343. The van der Waals surface area contributed by atoms with Crippen LogP contribution in [0.3, 0.4) is 0 Å². The minimum absolute atomic E-state index is 0.345. The third-order valence-electron chi connectivity index (χ3n) is 3.30. The number of nitrogens with two attached hydrogens (primary N) is 1. The Morgan fingerprint density at radius 3 is 2.70 bits per heavy atom. The van der Waals surface area contributed by atoms with E-state index in [1.807, 2.05) is 0 Å². The minimum Gasteiger partial charge on any atom is -0.329 e. The zero-order chi connectivity index (χ0) is 14.6. The van der Waals surface area contributed by atoms with Crippen LogP contribution in [0.1, 0.15) is 19.8 Å². The van der Waals surface area contributed by atoms with Crippen LogP contribution >= 0.6 is 20.7 Å². The van der Waals surface area contributed by atoms with Gasteiger partial charge in [0.1, 0.15) is 0 Å². The monoisotopic (exact) mass is 397 g/mol. The lowest BCUT2D eigenvalue weighted by atomic mass is 10.3. The second-order valence-electron chi connectivity index (χ2n) is 5.17. The molecule has 1 aliphatic rings. The van der Waals surface area contributed by atoms with Crippen LogP contribution in [0.5, 0.6) is 0 Å². The Kier molecular flexibility index (Phi) is 11.1. The number of halogens is 1. The molecule has 0 aromatic heterocycles. The summed E-state index contributed by atoms with van der Waals surface area (Å²) in [6, 6.07) is 0. The predicted octanol–water partition coefficient (Wildman–Crippen LogP) is -0.0714. The van der Waals surface area contributed by atoms with Crippen molar-refractivity contribution in [2.24, 2.45) is 5.73 Å². The van der Waals surface area contributed by atoms with Crippen molar-refractivity contribution in [3.05, 3.63) is 0 Å². The van der Waals surface area contributed by atoms with Gasteiger partial charge in [-0.15, -0.1) is 0 Å². The molecule has 0 spiro atoms. The molecule has 0 fully saturated rings. The first-order chi connectivity index (χ1) is 9.77. The fourth-order valence-corrected chi connectivity index (χ4v) is 4.27. The first-order valence-electron chi connectivity index (χ1n) is 7.80. The van der Waals surface area contributed by atoms with Crippen molar-refractivity contribution in [3.63, 3.8) is 0 Å². The van der Waals surface area contributed by atoms with Crippen LogP contribution in [0.4, 0.5) is 0 Å². The van der Waals surface area contributed by atoms with Gasteiger partial charge in [-0.3, -0.25) is 0 Å². The second-order valence-corrected chi connectivity index (χ2v) is 8.43. The first kappa shape index (κ1) is 18.4. The van der Waals surface area contributed by atoms with Gasteiger partial charge >= 0.3 is 0 Å². The summed E-state index contributed by atoms with van der Waals surface area (Å²) < 4.78 is 2.59. The van der Waals surface area contributed by atoms with Crippen LogP contribution in [0.2, 0.25) is 0 Å². The molecular formula is C14H32IN5. The highest BCUT2D eigenvalue weighted by molar-refractivity contribution is 14.2. The zero-order valence-electron chi connectivity index (χ0n) is 13.1. The molecule has 1 rings (SSSR count). The smallest absolute Gasteiger partial charge is 0.0815 e. The average molecular weight is 397 g/mol. The number of hydrogen-bond donors (Lipinski definition) is 4. The molecule has 0 bridgehead atoms. The predicted molar refractivity (Wildman–Crippen MR) is 98.0 cm³/mol. The van der Waals surface area contributed by atoms with Crippen LogP contribution in [0.15, 0.2) is 0 Å². The number of nitrogens with zero attached hydrogens (tertiary/aromatic N) is 1. The van der Waals surface area contributed by atoms with Gasteiger partial charge in [0.25, 0.3) is 0 Å². The van der Waals surface area contributed by atoms with E-state index < -0.39 is 0 Å². The van der Waals surface area contributed by atoms with Crippen molar-refractivity contribution in [2.45, 2.75) is 23.8 Å². The van der Waals surface area contributed by atoms with Crippen LogP contribution in [-0.4, -0.2) is 71.9 Å². The van der Waals surface area contributed by atoms with Gasteiger partial charge in [-0.05, 0) is 49.6 Å². The highest BCUT2D eigenvalue weighted by Crippen LogP contribution is 2.30. The van der Waals surface area contributed by atoms with Gasteiger partial charge in [0.2, 0.25) is 0 Å². The number of rotatable bonds is 14. The highest BCUT2D eigenvalue weighted by Gasteiger charge is 2.24. The fourth-order valence-electron chi connectivity index (χ4n) is 2.00. The van der Waals surface area contributed by atoms with Crippen molar-refractivity contribution in [3.8, 4) is 0 Å². The summed E-state index contributed by atoms with van der Waals surface area (Å²) >= 11 is 0.345. The Balaban J connectivity index is 1.82. The minimum atomic E-state index is 0.345. The van der Waals surface area contributed by atoms with E-state index >= 15 is 0 Å². The van der Waals surface area contributed by atoms with Crippen molar-refractivity contribution < 1.29 is 0 Å². The molecule has 5 N–H and O–H groups in total. The van der Waals surface area contributed by atoms with E-state index in [9.17, 15) is 0 Å². The Morgan fingerprint density at radius 2 is 1.95 bits per heavy atom. The first-order valence-corrected chi connectivity index (χ1v) is 10.1. The highest BCUT2D eigenvalue weighted by atomic mass is 127. The van der Waals surface area contributed by atoms with Crippen LogP contribution < -0.4 is 21.7 Å². The molecule has 20 heavy (non-hydrogen) atoms. The van der Waals surface area contributed by atoms with Crippen molar-refractivity contribution in [1.29, 1.82) is 0 Å². The van der Waals surface area contributed by atoms with E-state index in [2.05, 4.69) is 34.8 Å². The third-order valence-corrected chi connectivity index (χ3v) is 6.41. The summed E-state index contributed by atoms with van der Waals surface area (Å²) in [6.07, 6.45) is 2.51. The summed E-state index contributed by atoms with van der Waals surface area (Å²) in [5.41, 5.74) is 5.53. The zero-order valence-corrected chi connectivity index (χ0v) is 15.2. The summed E-state index contributed by atoms with van der Waals surface area (Å²) in [6.45, 7) is 10.6. The van der Waals surface area contributed by atoms with Gasteiger partial charge < -0.3 is 26.6 Å². The van der Waals surface area contributed by atoms with Crippen molar-refractivity contribution >= 4 is 24.2 Å². The van der Waals surface area contributed by atoms with Crippen molar-refractivity contribution in [2.75, 3.05) is 59.4 Å². The van der Waals surface area contributed by atoms with Gasteiger partial charge in [0.05, 0.1) is 4.05 Å². The van der Waals surface area contributed by atoms with E-state index in [4.69, 9.17) is 5.73 Å². The van der Waals surface area contributed by atoms with E-state index in [1.165, 1.54) is 12.8 Å². The van der Waals surface area contributed by atoms with Gasteiger partial charge in [-0.25, -0.2) is 0 Å². The topological polar surface area (TPSA) is 65.3 Å².